The number of carboxylic acid groups (broad SMARTS) is 1. The molecule has 8 nitrogen and oxygen atoms in total. The summed E-state index contributed by atoms with van der Waals surface area (Å²) in [6, 6.07) is 23.2. The molecule has 0 unspecified atom stereocenters. The van der Waals surface area contributed by atoms with Crippen molar-refractivity contribution in [2.24, 2.45) is 4.99 Å². The van der Waals surface area contributed by atoms with Crippen molar-refractivity contribution in [3.8, 4) is 5.88 Å². The van der Waals surface area contributed by atoms with E-state index in [1.54, 1.807) is 12.1 Å². The molecule has 0 saturated heterocycles. The van der Waals surface area contributed by atoms with E-state index in [0.717, 1.165) is 20.8 Å². The van der Waals surface area contributed by atoms with E-state index in [1.165, 1.54) is 19.1 Å². The number of rotatable bonds is 8. The van der Waals surface area contributed by atoms with Crippen LogP contribution in [0.25, 0.3) is 10.9 Å². The summed E-state index contributed by atoms with van der Waals surface area (Å²) in [6.07, 6.45) is 0. The van der Waals surface area contributed by atoms with Gasteiger partial charge in [0.05, 0.1) is 28.4 Å². The fraction of sp³-hybridized carbons (Fsp3) is 0.120. The predicted molar refractivity (Wildman–Crippen MR) is 133 cm³/mol. The zero-order valence-electron chi connectivity index (χ0n) is 18.3. The zero-order chi connectivity index (χ0) is 24.3. The molecule has 0 radical (unpaired) electrons. The molecule has 0 fully saturated rings. The number of hydrogen-bond donors (Lipinski definition) is 3. The molecule has 0 aliphatic heterocycles. The number of benzene rings is 3. The van der Waals surface area contributed by atoms with E-state index >= 15 is 0 Å². The molecule has 9 heteroatoms. The molecule has 4 rings (SSSR count). The lowest BCUT2D eigenvalue weighted by molar-refractivity contribution is -0.135. The van der Waals surface area contributed by atoms with Crippen molar-refractivity contribution in [2.45, 2.75) is 6.92 Å². The minimum Gasteiger partial charge on any atom is -0.494 e. The number of hydrogen-bond acceptors (Lipinski definition) is 5. The first kappa shape index (κ1) is 23.1. The lowest BCUT2D eigenvalue weighted by Gasteiger charge is -2.21. The smallest absolute Gasteiger partial charge is 0.324 e. The van der Waals surface area contributed by atoms with Gasteiger partial charge in [0, 0.05) is 16.5 Å². The van der Waals surface area contributed by atoms with Gasteiger partial charge in [0.1, 0.15) is 6.54 Å². The number of aromatic amines is 1. The van der Waals surface area contributed by atoms with Crippen LogP contribution in [0.4, 0.5) is 11.4 Å². The number of sulfonamides is 1. The van der Waals surface area contributed by atoms with Gasteiger partial charge in [0.2, 0.25) is 10.0 Å². The second-order valence-corrected chi connectivity index (χ2v) is 9.72. The standard InChI is InChI=1S/C25H23N3O5S/c1-2-34(32,33)28(16-22(29)30)19-14-12-18(13-15-19)26-24(17-8-4-3-5-9-17)23-20-10-6-7-11-21(20)27-25(23)31/h3-15,27,31H,2,16H2,1H3,(H,29,30). The van der Waals surface area contributed by atoms with E-state index in [4.69, 9.17) is 10.1 Å². The molecular weight excluding hydrogens is 454 g/mol. The molecule has 1 aromatic heterocycles. The maximum Gasteiger partial charge on any atom is 0.324 e. The Balaban J connectivity index is 1.82. The van der Waals surface area contributed by atoms with Gasteiger partial charge in [-0.3, -0.25) is 9.10 Å². The van der Waals surface area contributed by atoms with Crippen molar-refractivity contribution in [1.29, 1.82) is 0 Å². The number of carboxylic acids is 1. The molecule has 174 valence electrons. The first-order chi connectivity index (χ1) is 16.3. The van der Waals surface area contributed by atoms with Crippen LogP contribution in [0.2, 0.25) is 0 Å². The highest BCUT2D eigenvalue weighted by atomic mass is 32.2. The molecule has 3 N–H and O–H groups in total. The number of fused-ring (bicyclic) bond motifs is 1. The number of carbonyl (C=O) groups is 1. The van der Waals surface area contributed by atoms with Crippen molar-refractivity contribution in [3.05, 3.63) is 90.0 Å². The van der Waals surface area contributed by atoms with Gasteiger partial charge in [-0.2, -0.15) is 0 Å². The van der Waals surface area contributed by atoms with Crippen molar-refractivity contribution < 1.29 is 23.4 Å². The molecule has 0 atom stereocenters. The average molecular weight is 478 g/mol. The normalized spacial score (nSPS) is 12.1. The van der Waals surface area contributed by atoms with Crippen molar-refractivity contribution in [3.63, 3.8) is 0 Å². The van der Waals surface area contributed by atoms with E-state index in [9.17, 15) is 18.3 Å². The molecule has 0 spiro atoms. The van der Waals surface area contributed by atoms with E-state index < -0.39 is 22.5 Å². The third-order valence-electron chi connectivity index (χ3n) is 5.33. The van der Waals surface area contributed by atoms with Crippen LogP contribution in [0.5, 0.6) is 5.88 Å². The lowest BCUT2D eigenvalue weighted by atomic mass is 10.0. The first-order valence-corrected chi connectivity index (χ1v) is 12.2. The highest BCUT2D eigenvalue weighted by Crippen LogP contribution is 2.32. The van der Waals surface area contributed by atoms with Gasteiger partial charge < -0.3 is 15.2 Å². The maximum atomic E-state index is 12.4. The summed E-state index contributed by atoms with van der Waals surface area (Å²) in [5.74, 6) is -1.49. The Bertz CT molecular complexity index is 1460. The van der Waals surface area contributed by atoms with Crippen LogP contribution in [0.3, 0.4) is 0 Å². The number of aromatic nitrogens is 1. The number of anilines is 1. The maximum absolute atomic E-state index is 12.4. The Kier molecular flexibility index (Phi) is 6.38. The molecule has 0 amide bonds. The molecule has 0 aliphatic carbocycles. The Labute approximate surface area is 196 Å². The van der Waals surface area contributed by atoms with Crippen LogP contribution in [-0.2, 0) is 14.8 Å². The fourth-order valence-corrected chi connectivity index (χ4v) is 4.74. The van der Waals surface area contributed by atoms with Gasteiger partial charge in [-0.05, 0) is 37.3 Å². The molecule has 0 saturated carbocycles. The van der Waals surface area contributed by atoms with Gasteiger partial charge in [-0.15, -0.1) is 0 Å². The first-order valence-electron chi connectivity index (χ1n) is 10.6. The third-order valence-corrected chi connectivity index (χ3v) is 7.07. The number of nitrogens with zero attached hydrogens (tertiary/aromatic N) is 2. The molecule has 0 aliphatic rings. The zero-order valence-corrected chi connectivity index (χ0v) is 19.2. The molecule has 4 aromatic rings. The Hall–Kier alpha value is -4.11. The Morgan fingerprint density at radius 2 is 1.62 bits per heavy atom. The van der Waals surface area contributed by atoms with Crippen LogP contribution >= 0.6 is 0 Å². The highest BCUT2D eigenvalue weighted by Gasteiger charge is 2.23. The lowest BCUT2D eigenvalue weighted by Crippen LogP contribution is -2.36. The van der Waals surface area contributed by atoms with E-state index in [-0.39, 0.29) is 17.3 Å². The van der Waals surface area contributed by atoms with Crippen LogP contribution in [0, 0.1) is 0 Å². The van der Waals surface area contributed by atoms with Gasteiger partial charge in [-0.25, -0.2) is 13.4 Å². The molecular formula is C25H23N3O5S. The number of nitrogens with one attached hydrogen (secondary N) is 1. The van der Waals surface area contributed by atoms with Crippen molar-refractivity contribution >= 4 is 44.0 Å². The van der Waals surface area contributed by atoms with E-state index in [2.05, 4.69) is 4.98 Å². The molecule has 3 aromatic carbocycles. The summed E-state index contributed by atoms with van der Waals surface area (Å²) in [6.45, 7) is 0.792. The van der Waals surface area contributed by atoms with Gasteiger partial charge in [-0.1, -0.05) is 48.5 Å². The average Bonchev–Trinajstić information content (AvgIpc) is 3.17. The highest BCUT2D eigenvalue weighted by molar-refractivity contribution is 7.92. The van der Waals surface area contributed by atoms with Crippen LogP contribution < -0.4 is 4.31 Å². The second-order valence-electron chi connectivity index (χ2n) is 7.54. The number of H-pyrrole nitrogens is 1. The Morgan fingerprint density at radius 1 is 0.971 bits per heavy atom. The third kappa shape index (κ3) is 4.65. The summed E-state index contributed by atoms with van der Waals surface area (Å²) < 4.78 is 25.7. The molecule has 0 bridgehead atoms. The summed E-state index contributed by atoms with van der Waals surface area (Å²) >= 11 is 0. The summed E-state index contributed by atoms with van der Waals surface area (Å²) in [5.41, 5.74) is 3.38. The van der Waals surface area contributed by atoms with Gasteiger partial charge in [0.15, 0.2) is 5.88 Å². The topological polar surface area (TPSA) is 123 Å². The van der Waals surface area contributed by atoms with Crippen LogP contribution in [-0.4, -0.2) is 47.6 Å². The van der Waals surface area contributed by atoms with Crippen molar-refractivity contribution in [1.82, 2.24) is 4.98 Å². The van der Waals surface area contributed by atoms with Crippen LogP contribution in [0.1, 0.15) is 18.1 Å². The largest absolute Gasteiger partial charge is 0.494 e. The predicted octanol–water partition coefficient (Wildman–Crippen LogP) is 4.28. The van der Waals surface area contributed by atoms with Gasteiger partial charge in [0.25, 0.3) is 0 Å². The number of aromatic hydroxyl groups is 1. The molecule has 1 heterocycles. The van der Waals surface area contributed by atoms with Crippen molar-refractivity contribution in [2.75, 3.05) is 16.6 Å². The number of aliphatic carboxylic acids is 1. The fourth-order valence-electron chi connectivity index (χ4n) is 3.68. The number of para-hydroxylation sites is 1. The Morgan fingerprint density at radius 3 is 2.26 bits per heavy atom. The van der Waals surface area contributed by atoms with Gasteiger partial charge >= 0.3 is 5.97 Å². The quantitative estimate of drug-likeness (QED) is 0.327. The summed E-state index contributed by atoms with van der Waals surface area (Å²) in [5, 5.41) is 20.7. The minimum atomic E-state index is -3.77. The monoisotopic (exact) mass is 477 g/mol. The van der Waals surface area contributed by atoms with E-state index in [1.807, 2.05) is 54.6 Å². The minimum absolute atomic E-state index is 0.0119. The summed E-state index contributed by atoms with van der Waals surface area (Å²) in [7, 11) is -3.77. The van der Waals surface area contributed by atoms with E-state index in [0.29, 0.717) is 17.0 Å². The summed E-state index contributed by atoms with van der Waals surface area (Å²) in [4.78, 5) is 19.0. The molecule has 34 heavy (non-hydrogen) atoms. The SMILES string of the molecule is CCS(=O)(=O)N(CC(=O)O)c1ccc(N=C(c2ccccc2)c2c(O)[nH]c3ccccc23)cc1. The number of aliphatic imine (C=N–C) groups is 1. The van der Waals surface area contributed by atoms with Crippen LogP contribution in [0.15, 0.2) is 83.9 Å². The second kappa shape index (κ2) is 9.40.